The van der Waals surface area contributed by atoms with E-state index in [1.807, 2.05) is 23.4 Å². The molecule has 1 heterocycles. The summed E-state index contributed by atoms with van der Waals surface area (Å²) in [4.78, 5) is 6.65. The number of nitrogens with one attached hydrogen (secondary N) is 1. The molecule has 2 aromatic rings. The number of guanidine groups is 1. The Kier molecular flexibility index (Phi) is 9.99. The molecule has 166 valence electrons. The molecule has 0 aliphatic rings. The van der Waals surface area contributed by atoms with Crippen molar-refractivity contribution in [3.8, 4) is 5.75 Å². The van der Waals surface area contributed by atoms with Crippen molar-refractivity contribution < 1.29 is 18.3 Å². The first-order valence-electron chi connectivity index (χ1n) is 9.92. The van der Waals surface area contributed by atoms with E-state index in [0.29, 0.717) is 26.2 Å². The Morgan fingerprint density at radius 3 is 2.73 bits per heavy atom. The molecule has 2 rings (SSSR count). The maximum Gasteiger partial charge on any atom is 0.387 e. The minimum absolute atomic E-state index is 0.142. The Bertz CT molecular complexity index is 767. The predicted octanol–water partition coefficient (Wildman–Crippen LogP) is 2.56. The standard InChI is InChI=1S/C20H30F2N6O2/c1-4-18-26-25-15-28(18)12-11-24-20(23-10-5-13-29-3)27(2)14-16-6-8-17(9-7-16)30-19(21)22/h6-9,15,19H,4-5,10-14H2,1-3H3,(H,23,24). The first-order chi connectivity index (χ1) is 14.5. The number of methoxy groups -OCH3 is 1. The van der Waals surface area contributed by atoms with Crippen LogP contribution < -0.4 is 10.1 Å². The summed E-state index contributed by atoms with van der Waals surface area (Å²) in [5, 5.41) is 11.4. The van der Waals surface area contributed by atoms with Crippen LogP contribution in [0.5, 0.6) is 5.75 Å². The van der Waals surface area contributed by atoms with Gasteiger partial charge in [0.15, 0.2) is 5.96 Å². The molecule has 0 bridgehead atoms. The quantitative estimate of drug-likeness (QED) is 0.321. The number of benzene rings is 1. The van der Waals surface area contributed by atoms with E-state index in [0.717, 1.165) is 36.7 Å². The number of aliphatic imine (C=N–C) groups is 1. The molecule has 0 radical (unpaired) electrons. The van der Waals surface area contributed by atoms with E-state index in [1.54, 1.807) is 25.6 Å². The van der Waals surface area contributed by atoms with Gasteiger partial charge in [-0.05, 0) is 24.1 Å². The highest BCUT2D eigenvalue weighted by molar-refractivity contribution is 5.79. The van der Waals surface area contributed by atoms with Crippen LogP contribution in [-0.2, 0) is 24.2 Å². The van der Waals surface area contributed by atoms with E-state index in [1.165, 1.54) is 12.1 Å². The molecule has 0 amide bonds. The number of aryl methyl sites for hydroxylation is 1. The lowest BCUT2D eigenvalue weighted by molar-refractivity contribution is -0.0498. The normalized spacial score (nSPS) is 11.7. The third kappa shape index (κ3) is 7.94. The second-order valence-corrected chi connectivity index (χ2v) is 6.65. The first kappa shape index (κ1) is 23.5. The summed E-state index contributed by atoms with van der Waals surface area (Å²) in [6.45, 7) is 2.45. The number of hydrogen-bond acceptors (Lipinski definition) is 5. The molecule has 0 atom stereocenters. The summed E-state index contributed by atoms with van der Waals surface area (Å²) in [5.41, 5.74) is 0.956. The smallest absolute Gasteiger partial charge is 0.387 e. The van der Waals surface area contributed by atoms with Crippen LogP contribution in [-0.4, -0.2) is 66.1 Å². The predicted molar refractivity (Wildman–Crippen MR) is 111 cm³/mol. The number of ether oxygens (including phenoxy) is 2. The van der Waals surface area contributed by atoms with Crippen LogP contribution in [0.25, 0.3) is 0 Å². The molecule has 30 heavy (non-hydrogen) atoms. The van der Waals surface area contributed by atoms with Crippen molar-refractivity contribution in [2.75, 3.05) is 33.9 Å². The zero-order valence-electron chi connectivity index (χ0n) is 17.7. The molecule has 1 aromatic heterocycles. The van der Waals surface area contributed by atoms with Crippen molar-refractivity contribution in [1.29, 1.82) is 0 Å². The minimum Gasteiger partial charge on any atom is -0.435 e. The molecular weight excluding hydrogens is 394 g/mol. The summed E-state index contributed by atoms with van der Waals surface area (Å²) in [6, 6.07) is 6.61. The third-order valence-electron chi connectivity index (χ3n) is 4.35. The van der Waals surface area contributed by atoms with Crippen LogP contribution in [0.3, 0.4) is 0 Å². The molecule has 0 unspecified atom stereocenters. The van der Waals surface area contributed by atoms with Gasteiger partial charge >= 0.3 is 6.61 Å². The number of alkyl halides is 2. The van der Waals surface area contributed by atoms with Crippen LogP contribution in [0.1, 0.15) is 24.7 Å². The van der Waals surface area contributed by atoms with E-state index in [9.17, 15) is 8.78 Å². The van der Waals surface area contributed by atoms with E-state index in [4.69, 9.17) is 4.74 Å². The van der Waals surface area contributed by atoms with Crippen molar-refractivity contribution in [2.24, 2.45) is 4.99 Å². The fourth-order valence-corrected chi connectivity index (χ4v) is 2.86. The monoisotopic (exact) mass is 424 g/mol. The van der Waals surface area contributed by atoms with Crippen molar-refractivity contribution in [1.82, 2.24) is 25.0 Å². The van der Waals surface area contributed by atoms with Gasteiger partial charge in [0, 0.05) is 53.4 Å². The number of halogens is 2. The summed E-state index contributed by atoms with van der Waals surface area (Å²) >= 11 is 0. The van der Waals surface area contributed by atoms with Gasteiger partial charge in [0.1, 0.15) is 17.9 Å². The molecule has 1 N–H and O–H groups in total. The number of hydrogen-bond donors (Lipinski definition) is 1. The average Bonchev–Trinajstić information content (AvgIpc) is 3.18. The second kappa shape index (κ2) is 12.7. The fraction of sp³-hybridized carbons (Fsp3) is 0.550. The summed E-state index contributed by atoms with van der Waals surface area (Å²) < 4.78 is 36.1. The fourth-order valence-electron chi connectivity index (χ4n) is 2.86. The van der Waals surface area contributed by atoms with Crippen LogP contribution in [0, 0.1) is 0 Å². The maximum absolute atomic E-state index is 12.3. The van der Waals surface area contributed by atoms with Crippen molar-refractivity contribution >= 4 is 5.96 Å². The Morgan fingerprint density at radius 1 is 1.30 bits per heavy atom. The van der Waals surface area contributed by atoms with Gasteiger partial charge in [-0.25, -0.2) is 0 Å². The van der Waals surface area contributed by atoms with Crippen LogP contribution >= 0.6 is 0 Å². The van der Waals surface area contributed by atoms with Gasteiger partial charge in [0.05, 0.1) is 0 Å². The molecular formula is C20H30F2N6O2. The lowest BCUT2D eigenvalue weighted by atomic mass is 10.2. The molecule has 0 aliphatic carbocycles. The van der Waals surface area contributed by atoms with Gasteiger partial charge in [-0.2, -0.15) is 8.78 Å². The third-order valence-corrected chi connectivity index (χ3v) is 4.35. The zero-order chi connectivity index (χ0) is 21.8. The Hall–Kier alpha value is -2.75. The Labute approximate surface area is 175 Å². The average molecular weight is 424 g/mol. The van der Waals surface area contributed by atoms with E-state index < -0.39 is 6.61 Å². The largest absolute Gasteiger partial charge is 0.435 e. The highest BCUT2D eigenvalue weighted by Gasteiger charge is 2.09. The molecule has 0 fully saturated rings. The molecule has 1 aromatic carbocycles. The second-order valence-electron chi connectivity index (χ2n) is 6.65. The molecule has 0 spiro atoms. The summed E-state index contributed by atoms with van der Waals surface area (Å²) in [7, 11) is 3.60. The van der Waals surface area contributed by atoms with Gasteiger partial charge in [-0.3, -0.25) is 4.99 Å². The van der Waals surface area contributed by atoms with E-state index in [-0.39, 0.29) is 5.75 Å². The first-order valence-corrected chi connectivity index (χ1v) is 9.92. The van der Waals surface area contributed by atoms with Crippen LogP contribution in [0.4, 0.5) is 8.78 Å². The summed E-state index contributed by atoms with van der Waals surface area (Å²) in [6.07, 6.45) is 3.37. The molecule has 8 nitrogen and oxygen atoms in total. The van der Waals surface area contributed by atoms with Gasteiger partial charge in [0.2, 0.25) is 0 Å². The topological polar surface area (TPSA) is 76.8 Å². The maximum atomic E-state index is 12.3. The number of rotatable bonds is 12. The molecule has 0 aliphatic heterocycles. The van der Waals surface area contributed by atoms with Crippen LogP contribution in [0.15, 0.2) is 35.6 Å². The van der Waals surface area contributed by atoms with E-state index in [2.05, 4.69) is 25.2 Å². The van der Waals surface area contributed by atoms with Crippen molar-refractivity contribution in [2.45, 2.75) is 39.5 Å². The van der Waals surface area contributed by atoms with Gasteiger partial charge < -0.3 is 24.3 Å². The van der Waals surface area contributed by atoms with Gasteiger partial charge in [0.25, 0.3) is 0 Å². The highest BCUT2D eigenvalue weighted by atomic mass is 19.3. The SMILES string of the molecule is CCc1nncn1CCNC(=NCCCOC)N(C)Cc1ccc(OC(F)F)cc1. The molecule has 0 saturated carbocycles. The molecule has 0 saturated heterocycles. The van der Waals surface area contributed by atoms with Gasteiger partial charge in [-0.1, -0.05) is 19.1 Å². The lowest BCUT2D eigenvalue weighted by Gasteiger charge is -2.23. The Balaban J connectivity index is 1.96. The molecule has 10 heteroatoms. The minimum atomic E-state index is -2.83. The van der Waals surface area contributed by atoms with Gasteiger partial charge in [-0.15, -0.1) is 10.2 Å². The number of aromatic nitrogens is 3. The van der Waals surface area contributed by atoms with Crippen molar-refractivity contribution in [3.05, 3.63) is 42.0 Å². The van der Waals surface area contributed by atoms with Crippen molar-refractivity contribution in [3.63, 3.8) is 0 Å². The lowest BCUT2D eigenvalue weighted by Crippen LogP contribution is -2.40. The summed E-state index contributed by atoms with van der Waals surface area (Å²) in [5.74, 6) is 1.84. The van der Waals surface area contributed by atoms with Crippen LogP contribution in [0.2, 0.25) is 0 Å². The highest BCUT2D eigenvalue weighted by Crippen LogP contribution is 2.15. The van der Waals surface area contributed by atoms with E-state index >= 15 is 0 Å². The Morgan fingerprint density at radius 2 is 2.07 bits per heavy atom. The zero-order valence-corrected chi connectivity index (χ0v) is 17.7. The number of nitrogens with zero attached hydrogens (tertiary/aromatic N) is 5.